The second-order valence-corrected chi connectivity index (χ2v) is 4.62. The average molecular weight is 284 g/mol. The van der Waals surface area contributed by atoms with Crippen LogP contribution in [0.3, 0.4) is 0 Å². The Morgan fingerprint density at radius 1 is 1.25 bits per heavy atom. The van der Waals surface area contributed by atoms with Gasteiger partial charge in [0.15, 0.2) is 0 Å². The molecule has 20 heavy (non-hydrogen) atoms. The van der Waals surface area contributed by atoms with Crippen LogP contribution in [0.2, 0.25) is 0 Å². The SMILES string of the molecule is O=C(CCNCc1c(F)cccc1F)N1CCOCC1. The molecular weight excluding hydrogens is 266 g/mol. The van der Waals surface area contributed by atoms with E-state index in [0.29, 0.717) is 39.3 Å². The molecule has 1 aromatic rings. The summed E-state index contributed by atoms with van der Waals surface area (Å²) in [6.07, 6.45) is 0.316. The monoisotopic (exact) mass is 284 g/mol. The largest absolute Gasteiger partial charge is 0.378 e. The lowest BCUT2D eigenvalue weighted by Gasteiger charge is -2.26. The van der Waals surface area contributed by atoms with Crippen LogP contribution in [0.5, 0.6) is 0 Å². The minimum absolute atomic E-state index is 0.00585. The van der Waals surface area contributed by atoms with Gasteiger partial charge in [0.05, 0.1) is 13.2 Å². The average Bonchev–Trinajstić information content (AvgIpc) is 2.46. The Hall–Kier alpha value is -1.53. The van der Waals surface area contributed by atoms with E-state index in [1.165, 1.54) is 18.2 Å². The van der Waals surface area contributed by atoms with Crippen LogP contribution in [-0.2, 0) is 16.1 Å². The van der Waals surface area contributed by atoms with E-state index in [1.54, 1.807) is 4.90 Å². The van der Waals surface area contributed by atoms with Crippen molar-refractivity contribution in [1.82, 2.24) is 10.2 Å². The van der Waals surface area contributed by atoms with Crippen LogP contribution >= 0.6 is 0 Å². The third-order valence-electron chi connectivity index (χ3n) is 3.24. The van der Waals surface area contributed by atoms with E-state index in [1.807, 2.05) is 0 Å². The molecule has 1 heterocycles. The molecule has 110 valence electrons. The summed E-state index contributed by atoms with van der Waals surface area (Å²) in [6, 6.07) is 3.77. The zero-order valence-corrected chi connectivity index (χ0v) is 11.2. The highest BCUT2D eigenvalue weighted by Gasteiger charge is 2.16. The number of halogens is 2. The van der Waals surface area contributed by atoms with E-state index >= 15 is 0 Å². The topological polar surface area (TPSA) is 41.6 Å². The summed E-state index contributed by atoms with van der Waals surface area (Å²) in [5.41, 5.74) is 0.00585. The van der Waals surface area contributed by atoms with Crippen molar-refractivity contribution in [3.8, 4) is 0 Å². The van der Waals surface area contributed by atoms with Crippen molar-refractivity contribution in [2.24, 2.45) is 0 Å². The van der Waals surface area contributed by atoms with Crippen LogP contribution < -0.4 is 5.32 Å². The highest BCUT2D eigenvalue weighted by molar-refractivity contribution is 5.76. The van der Waals surface area contributed by atoms with E-state index in [9.17, 15) is 13.6 Å². The van der Waals surface area contributed by atoms with Crippen molar-refractivity contribution in [3.05, 3.63) is 35.4 Å². The predicted molar refractivity (Wildman–Crippen MR) is 70.1 cm³/mol. The standard InChI is InChI=1S/C14H18F2N2O2/c15-12-2-1-3-13(16)11(12)10-17-5-4-14(19)18-6-8-20-9-7-18/h1-3,17H,4-10H2. The molecule has 2 rings (SSSR count). The second-order valence-electron chi connectivity index (χ2n) is 4.62. The Balaban J connectivity index is 1.72. The molecule has 1 saturated heterocycles. The molecule has 1 aliphatic rings. The molecule has 1 aliphatic heterocycles. The Morgan fingerprint density at radius 3 is 2.55 bits per heavy atom. The van der Waals surface area contributed by atoms with Crippen molar-refractivity contribution in [2.45, 2.75) is 13.0 Å². The van der Waals surface area contributed by atoms with Gasteiger partial charge in [-0.3, -0.25) is 4.79 Å². The van der Waals surface area contributed by atoms with E-state index < -0.39 is 11.6 Å². The first-order valence-corrected chi connectivity index (χ1v) is 6.67. The number of nitrogens with one attached hydrogen (secondary N) is 1. The zero-order valence-electron chi connectivity index (χ0n) is 11.2. The summed E-state index contributed by atoms with van der Waals surface area (Å²) in [7, 11) is 0. The summed E-state index contributed by atoms with van der Waals surface area (Å²) in [5.74, 6) is -1.11. The molecule has 1 N–H and O–H groups in total. The molecule has 0 unspecified atom stereocenters. The molecule has 0 bridgehead atoms. The normalized spacial score (nSPS) is 15.4. The van der Waals surface area contributed by atoms with Crippen molar-refractivity contribution in [1.29, 1.82) is 0 Å². The van der Waals surface area contributed by atoms with Crippen molar-refractivity contribution < 1.29 is 18.3 Å². The molecule has 0 spiro atoms. The summed E-state index contributed by atoms with van der Waals surface area (Å²) in [4.78, 5) is 13.6. The van der Waals surface area contributed by atoms with Crippen LogP contribution in [0.4, 0.5) is 8.78 Å². The maximum Gasteiger partial charge on any atom is 0.224 e. The minimum Gasteiger partial charge on any atom is -0.378 e. The molecule has 0 radical (unpaired) electrons. The first-order valence-electron chi connectivity index (χ1n) is 6.67. The van der Waals surface area contributed by atoms with Crippen molar-refractivity contribution >= 4 is 5.91 Å². The number of benzene rings is 1. The Bertz CT molecular complexity index is 442. The molecule has 1 fully saturated rings. The van der Waals surface area contributed by atoms with Crippen LogP contribution in [-0.4, -0.2) is 43.7 Å². The molecule has 1 aromatic carbocycles. The predicted octanol–water partition coefficient (Wildman–Crippen LogP) is 1.30. The Morgan fingerprint density at radius 2 is 1.90 bits per heavy atom. The summed E-state index contributed by atoms with van der Waals surface area (Å²) >= 11 is 0. The van der Waals surface area contributed by atoms with Gasteiger partial charge >= 0.3 is 0 Å². The first kappa shape index (κ1) is 14.9. The van der Waals surface area contributed by atoms with Gasteiger partial charge in [-0.15, -0.1) is 0 Å². The molecule has 0 atom stereocenters. The number of hydrogen-bond acceptors (Lipinski definition) is 3. The fraction of sp³-hybridized carbons (Fsp3) is 0.500. The molecule has 1 amide bonds. The number of rotatable bonds is 5. The third kappa shape index (κ3) is 3.98. The number of nitrogens with zero attached hydrogens (tertiary/aromatic N) is 1. The molecule has 4 nitrogen and oxygen atoms in total. The summed E-state index contributed by atoms with van der Waals surface area (Å²) in [6.45, 7) is 2.83. The Labute approximate surface area is 116 Å². The minimum atomic E-state index is -0.572. The zero-order chi connectivity index (χ0) is 14.4. The number of amides is 1. The van der Waals surface area contributed by atoms with Gasteiger partial charge in [-0.25, -0.2) is 8.78 Å². The molecule has 0 saturated carbocycles. The number of ether oxygens (including phenoxy) is 1. The fourth-order valence-corrected chi connectivity index (χ4v) is 2.08. The van der Waals surface area contributed by atoms with Crippen LogP contribution in [0.1, 0.15) is 12.0 Å². The molecular formula is C14H18F2N2O2. The third-order valence-corrected chi connectivity index (χ3v) is 3.24. The van der Waals surface area contributed by atoms with E-state index in [0.717, 1.165) is 0 Å². The van der Waals surface area contributed by atoms with Crippen LogP contribution in [0.25, 0.3) is 0 Å². The van der Waals surface area contributed by atoms with E-state index in [2.05, 4.69) is 5.32 Å². The van der Waals surface area contributed by atoms with Crippen LogP contribution in [0, 0.1) is 11.6 Å². The first-order chi connectivity index (χ1) is 9.68. The summed E-state index contributed by atoms with van der Waals surface area (Å²) < 4.78 is 31.9. The van der Waals surface area contributed by atoms with E-state index in [-0.39, 0.29) is 18.0 Å². The van der Waals surface area contributed by atoms with Gasteiger partial charge in [0.25, 0.3) is 0 Å². The van der Waals surface area contributed by atoms with Gasteiger partial charge in [-0.05, 0) is 12.1 Å². The number of hydrogen-bond donors (Lipinski definition) is 1. The second kappa shape index (κ2) is 7.31. The van der Waals surface area contributed by atoms with Gasteiger partial charge in [0, 0.05) is 38.2 Å². The summed E-state index contributed by atoms with van der Waals surface area (Å²) in [5, 5.41) is 2.89. The fourth-order valence-electron chi connectivity index (χ4n) is 2.08. The van der Waals surface area contributed by atoms with Gasteiger partial charge in [0.2, 0.25) is 5.91 Å². The van der Waals surface area contributed by atoms with Crippen LogP contribution in [0.15, 0.2) is 18.2 Å². The number of carbonyl (C=O) groups is 1. The Kier molecular flexibility index (Phi) is 5.43. The quantitative estimate of drug-likeness (QED) is 0.829. The molecule has 0 aromatic heterocycles. The van der Waals surface area contributed by atoms with E-state index in [4.69, 9.17) is 4.74 Å². The highest BCUT2D eigenvalue weighted by Crippen LogP contribution is 2.11. The maximum absolute atomic E-state index is 13.4. The smallest absolute Gasteiger partial charge is 0.224 e. The van der Waals surface area contributed by atoms with Crippen molar-refractivity contribution in [3.63, 3.8) is 0 Å². The van der Waals surface area contributed by atoms with Gasteiger partial charge < -0.3 is 15.0 Å². The molecule has 6 heteroatoms. The van der Waals surface area contributed by atoms with Gasteiger partial charge in [-0.1, -0.05) is 6.07 Å². The lowest BCUT2D eigenvalue weighted by molar-refractivity contribution is -0.135. The van der Waals surface area contributed by atoms with Gasteiger partial charge in [0.1, 0.15) is 11.6 Å². The van der Waals surface area contributed by atoms with Crippen molar-refractivity contribution in [2.75, 3.05) is 32.8 Å². The number of carbonyl (C=O) groups excluding carboxylic acids is 1. The van der Waals surface area contributed by atoms with Gasteiger partial charge in [-0.2, -0.15) is 0 Å². The number of morpholine rings is 1. The highest BCUT2D eigenvalue weighted by atomic mass is 19.1. The lowest BCUT2D eigenvalue weighted by Crippen LogP contribution is -2.41. The lowest BCUT2D eigenvalue weighted by atomic mass is 10.2. The maximum atomic E-state index is 13.4. The molecule has 0 aliphatic carbocycles.